The number of nitrogens with one attached hydrogen (secondary N) is 1. The number of hydrogen-bond acceptors (Lipinski definition) is 2. The Balaban J connectivity index is 2.40. The molecule has 0 fully saturated rings. The summed E-state index contributed by atoms with van der Waals surface area (Å²) in [7, 11) is -3.97. The molecule has 0 heterocycles. The average molecular weight is 311 g/mol. The van der Waals surface area contributed by atoms with Gasteiger partial charge in [-0.1, -0.05) is 32.0 Å². The maximum absolute atomic E-state index is 13.2. The minimum absolute atomic E-state index is 0.119. The maximum atomic E-state index is 13.2. The molecular formula is C15H15F2NO2S. The van der Waals surface area contributed by atoms with E-state index in [0.717, 1.165) is 17.7 Å². The summed E-state index contributed by atoms with van der Waals surface area (Å²) >= 11 is 0. The van der Waals surface area contributed by atoms with Gasteiger partial charge in [-0.2, -0.15) is 0 Å². The Morgan fingerprint density at radius 3 is 2.29 bits per heavy atom. The predicted molar refractivity (Wildman–Crippen MR) is 77.7 cm³/mol. The lowest BCUT2D eigenvalue weighted by Crippen LogP contribution is -2.15. The van der Waals surface area contributed by atoms with Crippen LogP contribution in [0.5, 0.6) is 0 Å². The van der Waals surface area contributed by atoms with Gasteiger partial charge < -0.3 is 0 Å². The molecule has 0 aromatic heterocycles. The smallest absolute Gasteiger partial charge is 0.262 e. The highest BCUT2D eigenvalue weighted by Crippen LogP contribution is 2.26. The number of hydrogen-bond donors (Lipinski definition) is 1. The predicted octanol–water partition coefficient (Wildman–Crippen LogP) is 3.89. The van der Waals surface area contributed by atoms with E-state index in [1.165, 1.54) is 0 Å². The number of benzene rings is 2. The first kappa shape index (κ1) is 15.4. The van der Waals surface area contributed by atoms with Crippen LogP contribution in [0.2, 0.25) is 0 Å². The Labute approximate surface area is 122 Å². The van der Waals surface area contributed by atoms with Crippen LogP contribution in [-0.4, -0.2) is 8.42 Å². The SMILES string of the molecule is CC(C)c1ccccc1NS(=O)(=O)c1ccc(F)c(F)c1. The molecule has 0 radical (unpaired) electrons. The van der Waals surface area contributed by atoms with Crippen LogP contribution in [0.4, 0.5) is 14.5 Å². The quantitative estimate of drug-likeness (QED) is 0.931. The topological polar surface area (TPSA) is 46.2 Å². The number of anilines is 1. The van der Waals surface area contributed by atoms with Gasteiger partial charge in [0.1, 0.15) is 0 Å². The molecule has 0 bridgehead atoms. The number of halogens is 2. The molecule has 1 N–H and O–H groups in total. The van der Waals surface area contributed by atoms with Crippen molar-refractivity contribution in [1.29, 1.82) is 0 Å². The van der Waals surface area contributed by atoms with Gasteiger partial charge in [0.15, 0.2) is 11.6 Å². The Hall–Kier alpha value is -1.95. The first-order chi connectivity index (χ1) is 9.81. The Kier molecular flexibility index (Phi) is 4.27. The van der Waals surface area contributed by atoms with Gasteiger partial charge in [0.05, 0.1) is 10.6 Å². The van der Waals surface area contributed by atoms with Crippen molar-refractivity contribution in [2.24, 2.45) is 0 Å². The van der Waals surface area contributed by atoms with Crippen LogP contribution in [0.15, 0.2) is 47.4 Å². The summed E-state index contributed by atoms with van der Waals surface area (Å²) in [6, 6.07) is 9.44. The fourth-order valence-corrected chi connectivity index (χ4v) is 3.04. The minimum atomic E-state index is -3.97. The minimum Gasteiger partial charge on any atom is -0.279 e. The van der Waals surface area contributed by atoms with Crippen LogP contribution < -0.4 is 4.72 Å². The molecule has 2 aromatic carbocycles. The van der Waals surface area contributed by atoms with Gasteiger partial charge >= 0.3 is 0 Å². The molecule has 112 valence electrons. The van der Waals surface area contributed by atoms with E-state index in [4.69, 9.17) is 0 Å². The Morgan fingerprint density at radius 1 is 1.00 bits per heavy atom. The lowest BCUT2D eigenvalue weighted by molar-refractivity contribution is 0.504. The van der Waals surface area contributed by atoms with Gasteiger partial charge in [-0.25, -0.2) is 17.2 Å². The molecule has 0 aliphatic carbocycles. The highest BCUT2D eigenvalue weighted by atomic mass is 32.2. The van der Waals surface area contributed by atoms with Crippen molar-refractivity contribution in [3.63, 3.8) is 0 Å². The standard InChI is InChI=1S/C15H15F2NO2S/c1-10(2)12-5-3-4-6-15(12)18-21(19,20)11-7-8-13(16)14(17)9-11/h3-10,18H,1-2H3. The molecular weight excluding hydrogens is 296 g/mol. The molecule has 0 unspecified atom stereocenters. The van der Waals surface area contributed by atoms with E-state index >= 15 is 0 Å². The number of para-hydroxylation sites is 1. The van der Waals surface area contributed by atoms with Crippen molar-refractivity contribution in [1.82, 2.24) is 0 Å². The van der Waals surface area contributed by atoms with Crippen molar-refractivity contribution in [3.05, 3.63) is 59.7 Å². The summed E-state index contributed by atoms with van der Waals surface area (Å²) in [5.41, 5.74) is 1.25. The maximum Gasteiger partial charge on any atom is 0.262 e. The van der Waals surface area contributed by atoms with E-state index in [-0.39, 0.29) is 10.8 Å². The highest BCUT2D eigenvalue weighted by molar-refractivity contribution is 7.92. The summed E-state index contributed by atoms with van der Waals surface area (Å²) in [5, 5.41) is 0. The normalized spacial score (nSPS) is 11.7. The zero-order valence-corrected chi connectivity index (χ0v) is 12.4. The molecule has 0 saturated carbocycles. The zero-order valence-electron chi connectivity index (χ0n) is 11.6. The molecule has 0 amide bonds. The fourth-order valence-electron chi connectivity index (χ4n) is 1.94. The van der Waals surface area contributed by atoms with Gasteiger partial charge in [0, 0.05) is 0 Å². The largest absolute Gasteiger partial charge is 0.279 e. The third-order valence-corrected chi connectivity index (χ3v) is 4.39. The lowest BCUT2D eigenvalue weighted by Gasteiger charge is -2.14. The molecule has 0 aliphatic rings. The highest BCUT2D eigenvalue weighted by Gasteiger charge is 2.18. The molecule has 0 aliphatic heterocycles. The molecule has 6 heteroatoms. The summed E-state index contributed by atoms with van der Waals surface area (Å²) < 4.78 is 53.0. The first-order valence-electron chi connectivity index (χ1n) is 6.38. The number of rotatable bonds is 4. The fraction of sp³-hybridized carbons (Fsp3) is 0.200. The van der Waals surface area contributed by atoms with Gasteiger partial charge in [0.2, 0.25) is 0 Å². The van der Waals surface area contributed by atoms with E-state index in [9.17, 15) is 17.2 Å². The van der Waals surface area contributed by atoms with Crippen LogP contribution in [0.3, 0.4) is 0 Å². The monoisotopic (exact) mass is 311 g/mol. The van der Waals surface area contributed by atoms with Crippen molar-refractivity contribution in [2.45, 2.75) is 24.7 Å². The van der Waals surface area contributed by atoms with Crippen molar-refractivity contribution in [2.75, 3.05) is 4.72 Å². The van der Waals surface area contributed by atoms with Crippen LogP contribution >= 0.6 is 0 Å². The van der Waals surface area contributed by atoms with Crippen LogP contribution in [-0.2, 0) is 10.0 Å². The summed E-state index contributed by atoms with van der Waals surface area (Å²) in [4.78, 5) is -0.319. The zero-order chi connectivity index (χ0) is 15.6. The second-order valence-electron chi connectivity index (χ2n) is 4.92. The van der Waals surface area contributed by atoms with Gasteiger partial charge in [-0.3, -0.25) is 4.72 Å². The average Bonchev–Trinajstić information content (AvgIpc) is 2.41. The summed E-state index contributed by atoms with van der Waals surface area (Å²) in [6.07, 6.45) is 0. The van der Waals surface area contributed by atoms with Crippen molar-refractivity contribution in [3.8, 4) is 0 Å². The van der Waals surface area contributed by atoms with Crippen molar-refractivity contribution < 1.29 is 17.2 Å². The lowest BCUT2D eigenvalue weighted by atomic mass is 10.0. The molecule has 0 spiro atoms. The molecule has 0 saturated heterocycles. The third-order valence-electron chi connectivity index (χ3n) is 3.03. The Bertz CT molecular complexity index is 758. The second-order valence-corrected chi connectivity index (χ2v) is 6.61. The number of sulfonamides is 1. The van der Waals surface area contributed by atoms with E-state index in [1.54, 1.807) is 12.1 Å². The molecule has 2 rings (SSSR count). The summed E-state index contributed by atoms with van der Waals surface area (Å²) in [6.45, 7) is 3.87. The molecule has 2 aromatic rings. The third kappa shape index (κ3) is 3.39. The van der Waals surface area contributed by atoms with Crippen LogP contribution in [0.25, 0.3) is 0 Å². The van der Waals surface area contributed by atoms with Crippen LogP contribution in [0, 0.1) is 11.6 Å². The van der Waals surface area contributed by atoms with Crippen LogP contribution in [0.1, 0.15) is 25.3 Å². The summed E-state index contributed by atoms with van der Waals surface area (Å²) in [5.74, 6) is -2.17. The first-order valence-corrected chi connectivity index (χ1v) is 7.86. The van der Waals surface area contributed by atoms with Crippen molar-refractivity contribution >= 4 is 15.7 Å². The van der Waals surface area contributed by atoms with E-state index < -0.39 is 21.7 Å². The molecule has 21 heavy (non-hydrogen) atoms. The van der Waals surface area contributed by atoms with E-state index in [0.29, 0.717) is 11.8 Å². The van der Waals surface area contributed by atoms with Gasteiger partial charge in [-0.05, 0) is 35.7 Å². The van der Waals surface area contributed by atoms with Gasteiger partial charge in [0.25, 0.3) is 10.0 Å². The van der Waals surface area contributed by atoms with E-state index in [1.807, 2.05) is 26.0 Å². The Morgan fingerprint density at radius 2 is 1.67 bits per heavy atom. The second kappa shape index (κ2) is 5.81. The molecule has 3 nitrogen and oxygen atoms in total. The van der Waals surface area contributed by atoms with Gasteiger partial charge in [-0.15, -0.1) is 0 Å². The molecule has 0 atom stereocenters. The van der Waals surface area contributed by atoms with E-state index in [2.05, 4.69) is 4.72 Å².